The first-order valence-electron chi connectivity index (χ1n) is 7.80. The molecule has 0 aliphatic rings. The highest BCUT2D eigenvalue weighted by molar-refractivity contribution is 5.55. The molecule has 4 nitrogen and oxygen atoms in total. The summed E-state index contributed by atoms with van der Waals surface area (Å²) in [6.45, 7) is 0. The lowest BCUT2D eigenvalue weighted by molar-refractivity contribution is -0.141. The van der Waals surface area contributed by atoms with Crippen LogP contribution in [0.25, 0.3) is 0 Å². The molecule has 1 aromatic carbocycles. The topological polar surface area (TPSA) is 61.6 Å². The Morgan fingerprint density at radius 2 is 1.85 bits per heavy atom. The standard InChI is InChI=1S/C19H12F4N4/c20-14-5-3-4-12(10-14)17(15-6-1-2-9-25-15)27-18-13(11-24)7-8-16(26-18)19(21,22)23/h1-10,17H,(H,26,27). The number of rotatable bonds is 4. The Morgan fingerprint density at radius 3 is 2.48 bits per heavy atom. The Balaban J connectivity index is 2.09. The second kappa shape index (κ2) is 7.41. The zero-order valence-corrected chi connectivity index (χ0v) is 13.7. The van der Waals surface area contributed by atoms with Gasteiger partial charge in [0.25, 0.3) is 0 Å². The Bertz CT molecular complexity index is 981. The molecule has 0 fully saturated rings. The third-order valence-electron chi connectivity index (χ3n) is 3.75. The van der Waals surface area contributed by atoms with Gasteiger partial charge in [0.05, 0.1) is 17.3 Å². The van der Waals surface area contributed by atoms with Crippen LogP contribution in [0.2, 0.25) is 0 Å². The molecule has 1 atom stereocenters. The van der Waals surface area contributed by atoms with Gasteiger partial charge in [0.1, 0.15) is 23.4 Å². The van der Waals surface area contributed by atoms with Crippen LogP contribution in [0.4, 0.5) is 23.4 Å². The number of alkyl halides is 3. The maximum absolute atomic E-state index is 13.7. The van der Waals surface area contributed by atoms with E-state index in [1.54, 1.807) is 24.3 Å². The Hall–Kier alpha value is -3.47. The average molecular weight is 372 g/mol. The van der Waals surface area contributed by atoms with Crippen molar-refractivity contribution in [3.63, 3.8) is 0 Å². The summed E-state index contributed by atoms with van der Waals surface area (Å²) in [6, 6.07) is 13.4. The highest BCUT2D eigenvalue weighted by Crippen LogP contribution is 2.31. The third-order valence-corrected chi connectivity index (χ3v) is 3.75. The van der Waals surface area contributed by atoms with Gasteiger partial charge in [-0.25, -0.2) is 9.37 Å². The van der Waals surface area contributed by atoms with Crippen LogP contribution in [0.5, 0.6) is 0 Å². The minimum absolute atomic E-state index is 0.0691. The monoisotopic (exact) mass is 372 g/mol. The molecule has 2 aromatic heterocycles. The van der Waals surface area contributed by atoms with Crippen LogP contribution in [0, 0.1) is 17.1 Å². The van der Waals surface area contributed by atoms with Crippen molar-refractivity contribution in [2.24, 2.45) is 0 Å². The van der Waals surface area contributed by atoms with Crippen molar-refractivity contribution in [2.45, 2.75) is 12.2 Å². The Morgan fingerprint density at radius 1 is 1.04 bits per heavy atom. The lowest BCUT2D eigenvalue weighted by atomic mass is 10.0. The number of nitriles is 1. The molecule has 0 aliphatic heterocycles. The molecule has 1 N–H and O–H groups in total. The molecule has 0 saturated heterocycles. The molecular weight excluding hydrogens is 360 g/mol. The third kappa shape index (κ3) is 4.20. The highest BCUT2D eigenvalue weighted by atomic mass is 19.4. The van der Waals surface area contributed by atoms with Crippen LogP contribution >= 0.6 is 0 Å². The summed E-state index contributed by atoms with van der Waals surface area (Å²) in [7, 11) is 0. The van der Waals surface area contributed by atoms with Gasteiger partial charge in [-0.05, 0) is 42.0 Å². The fourth-order valence-corrected chi connectivity index (χ4v) is 2.51. The fraction of sp³-hybridized carbons (Fsp3) is 0.105. The van der Waals surface area contributed by atoms with Crippen LogP contribution in [0.3, 0.4) is 0 Å². The van der Waals surface area contributed by atoms with E-state index in [1.165, 1.54) is 24.4 Å². The summed E-state index contributed by atoms with van der Waals surface area (Å²) in [5.74, 6) is -0.764. The molecular formula is C19H12F4N4. The lowest BCUT2D eigenvalue weighted by Crippen LogP contribution is -2.17. The summed E-state index contributed by atoms with van der Waals surface area (Å²) >= 11 is 0. The molecule has 0 aliphatic carbocycles. The number of hydrogen-bond acceptors (Lipinski definition) is 4. The molecule has 3 aromatic rings. The van der Waals surface area contributed by atoms with Gasteiger partial charge in [0.15, 0.2) is 0 Å². The van der Waals surface area contributed by atoms with Crippen molar-refractivity contribution >= 4 is 5.82 Å². The van der Waals surface area contributed by atoms with E-state index < -0.39 is 23.7 Å². The molecule has 136 valence electrons. The van der Waals surface area contributed by atoms with Gasteiger partial charge in [0.2, 0.25) is 0 Å². The van der Waals surface area contributed by atoms with Crippen LogP contribution < -0.4 is 5.32 Å². The van der Waals surface area contributed by atoms with E-state index >= 15 is 0 Å². The quantitative estimate of drug-likeness (QED) is 0.674. The van der Waals surface area contributed by atoms with Gasteiger partial charge >= 0.3 is 6.18 Å². The lowest BCUT2D eigenvalue weighted by Gasteiger charge is -2.21. The molecule has 0 bridgehead atoms. The minimum atomic E-state index is -4.66. The highest BCUT2D eigenvalue weighted by Gasteiger charge is 2.33. The van der Waals surface area contributed by atoms with Gasteiger partial charge in [-0.3, -0.25) is 4.98 Å². The largest absolute Gasteiger partial charge is 0.433 e. The maximum Gasteiger partial charge on any atom is 0.433 e. The summed E-state index contributed by atoms with van der Waals surface area (Å²) in [4.78, 5) is 7.74. The van der Waals surface area contributed by atoms with Crippen LogP contribution in [0.15, 0.2) is 60.8 Å². The smallest absolute Gasteiger partial charge is 0.356 e. The number of nitrogens with zero attached hydrogens (tertiary/aromatic N) is 3. The van der Waals surface area contributed by atoms with Crippen molar-refractivity contribution < 1.29 is 17.6 Å². The minimum Gasteiger partial charge on any atom is -0.356 e. The van der Waals surface area contributed by atoms with Crippen molar-refractivity contribution in [2.75, 3.05) is 5.32 Å². The van der Waals surface area contributed by atoms with E-state index in [0.717, 1.165) is 12.1 Å². The summed E-state index contributed by atoms with van der Waals surface area (Å²) in [5.41, 5.74) is -0.341. The molecule has 2 heterocycles. The van der Waals surface area contributed by atoms with E-state index in [2.05, 4.69) is 15.3 Å². The van der Waals surface area contributed by atoms with Gasteiger partial charge in [-0.15, -0.1) is 0 Å². The Kier molecular flexibility index (Phi) is 5.03. The average Bonchev–Trinajstić information content (AvgIpc) is 2.66. The fourth-order valence-electron chi connectivity index (χ4n) is 2.51. The number of hydrogen-bond donors (Lipinski definition) is 1. The first kappa shape index (κ1) is 18.3. The number of nitrogens with one attached hydrogen (secondary N) is 1. The number of aromatic nitrogens is 2. The summed E-state index contributed by atoms with van der Waals surface area (Å²) in [5, 5.41) is 12.0. The Labute approximate surface area is 152 Å². The molecule has 27 heavy (non-hydrogen) atoms. The predicted molar refractivity (Wildman–Crippen MR) is 90.1 cm³/mol. The zero-order valence-electron chi connectivity index (χ0n) is 13.7. The summed E-state index contributed by atoms with van der Waals surface area (Å²) in [6.07, 6.45) is -3.15. The van der Waals surface area contributed by atoms with E-state index in [1.807, 2.05) is 6.07 Å². The molecule has 0 saturated carbocycles. The van der Waals surface area contributed by atoms with Crippen molar-refractivity contribution in [1.29, 1.82) is 5.26 Å². The SMILES string of the molecule is N#Cc1ccc(C(F)(F)F)nc1NC(c1cccc(F)c1)c1ccccn1. The van der Waals surface area contributed by atoms with Crippen molar-refractivity contribution in [3.05, 3.63) is 89.1 Å². The van der Waals surface area contributed by atoms with Crippen LogP contribution in [0.1, 0.15) is 28.6 Å². The number of halogens is 4. The first-order chi connectivity index (χ1) is 12.9. The van der Waals surface area contributed by atoms with E-state index in [-0.39, 0.29) is 11.4 Å². The van der Waals surface area contributed by atoms with Crippen LogP contribution in [-0.2, 0) is 6.18 Å². The van der Waals surface area contributed by atoms with Gasteiger partial charge in [0, 0.05) is 6.20 Å². The molecule has 0 spiro atoms. The number of benzene rings is 1. The maximum atomic E-state index is 13.7. The van der Waals surface area contributed by atoms with Gasteiger partial charge < -0.3 is 5.32 Å². The van der Waals surface area contributed by atoms with Crippen molar-refractivity contribution in [1.82, 2.24) is 9.97 Å². The first-order valence-corrected chi connectivity index (χ1v) is 7.80. The zero-order chi connectivity index (χ0) is 19.4. The molecule has 1 unspecified atom stereocenters. The molecule has 3 rings (SSSR count). The molecule has 0 amide bonds. The normalized spacial score (nSPS) is 12.3. The van der Waals surface area contributed by atoms with E-state index in [9.17, 15) is 22.8 Å². The van der Waals surface area contributed by atoms with Gasteiger partial charge in [-0.1, -0.05) is 18.2 Å². The summed E-state index contributed by atoms with van der Waals surface area (Å²) < 4.78 is 52.7. The molecule has 0 radical (unpaired) electrons. The molecule has 8 heteroatoms. The second-order valence-electron chi connectivity index (χ2n) is 5.59. The van der Waals surface area contributed by atoms with Gasteiger partial charge in [-0.2, -0.15) is 18.4 Å². The second-order valence-corrected chi connectivity index (χ2v) is 5.59. The number of anilines is 1. The van der Waals surface area contributed by atoms with E-state index in [0.29, 0.717) is 11.3 Å². The van der Waals surface area contributed by atoms with Crippen LogP contribution in [-0.4, -0.2) is 9.97 Å². The van der Waals surface area contributed by atoms with E-state index in [4.69, 9.17) is 0 Å². The number of pyridine rings is 2. The predicted octanol–water partition coefficient (Wildman–Crippen LogP) is 4.71. The van der Waals surface area contributed by atoms with Crippen molar-refractivity contribution in [3.8, 4) is 6.07 Å².